The Bertz CT molecular complexity index is 432. The van der Waals surface area contributed by atoms with Gasteiger partial charge in [0.1, 0.15) is 5.82 Å². The Hall–Kier alpha value is -0.680. The van der Waals surface area contributed by atoms with Crippen molar-refractivity contribution < 1.29 is 0 Å². The van der Waals surface area contributed by atoms with Crippen molar-refractivity contribution in [2.75, 3.05) is 18.0 Å². The van der Waals surface area contributed by atoms with Gasteiger partial charge in [0.15, 0.2) is 0 Å². The third-order valence-corrected chi connectivity index (χ3v) is 5.20. The van der Waals surface area contributed by atoms with Gasteiger partial charge in [-0.05, 0) is 45.1 Å². The van der Waals surface area contributed by atoms with Crippen LogP contribution in [0, 0.1) is 0 Å². The second kappa shape index (κ2) is 5.02. The molecule has 3 aliphatic rings. The molecule has 5 heteroatoms. The number of anilines is 1. The molecule has 2 aliphatic carbocycles. The van der Waals surface area contributed by atoms with E-state index >= 15 is 0 Å². The molecule has 0 bridgehead atoms. The second-order valence-corrected chi connectivity index (χ2v) is 6.97. The number of hydrogen-bond acceptors (Lipinski definition) is 5. The van der Waals surface area contributed by atoms with Crippen molar-refractivity contribution in [1.29, 1.82) is 0 Å². The molecule has 1 unspecified atom stereocenters. The first kappa shape index (κ1) is 12.1. The van der Waals surface area contributed by atoms with Crippen LogP contribution in [0.1, 0.15) is 56.7 Å². The topological polar surface area (TPSA) is 41.1 Å². The lowest BCUT2D eigenvalue weighted by molar-refractivity contribution is 0.398. The molecule has 2 saturated carbocycles. The first-order chi connectivity index (χ1) is 9.40. The zero-order valence-electron chi connectivity index (χ0n) is 11.3. The molecule has 1 N–H and O–H groups in total. The summed E-state index contributed by atoms with van der Waals surface area (Å²) < 4.78 is 4.57. The number of aromatic nitrogens is 2. The number of nitrogens with one attached hydrogen (secondary N) is 1. The summed E-state index contributed by atoms with van der Waals surface area (Å²) in [5, 5.41) is 4.84. The van der Waals surface area contributed by atoms with Gasteiger partial charge in [-0.1, -0.05) is 6.42 Å². The van der Waals surface area contributed by atoms with E-state index in [0.29, 0.717) is 12.0 Å². The maximum Gasteiger partial charge on any atom is 0.205 e. The molecular weight excluding hydrogens is 256 g/mol. The summed E-state index contributed by atoms with van der Waals surface area (Å²) >= 11 is 1.62. The van der Waals surface area contributed by atoms with Crippen LogP contribution in [-0.4, -0.2) is 34.5 Å². The van der Waals surface area contributed by atoms with Crippen LogP contribution in [0.5, 0.6) is 0 Å². The average molecular weight is 278 g/mol. The number of nitrogens with zero attached hydrogens (tertiary/aromatic N) is 3. The molecule has 1 atom stereocenters. The molecule has 2 heterocycles. The van der Waals surface area contributed by atoms with Crippen LogP contribution in [0.25, 0.3) is 0 Å². The summed E-state index contributed by atoms with van der Waals surface area (Å²) in [6.07, 6.45) is 9.30. The van der Waals surface area contributed by atoms with Crippen molar-refractivity contribution in [3.8, 4) is 0 Å². The zero-order chi connectivity index (χ0) is 12.7. The summed E-state index contributed by atoms with van der Waals surface area (Å²) in [4.78, 5) is 7.34. The Kier molecular flexibility index (Phi) is 3.19. The summed E-state index contributed by atoms with van der Waals surface area (Å²) in [7, 11) is 0. The lowest BCUT2D eigenvalue weighted by Crippen LogP contribution is -2.44. The number of hydrogen-bond donors (Lipinski definition) is 1. The van der Waals surface area contributed by atoms with Crippen molar-refractivity contribution in [2.45, 2.75) is 62.9 Å². The van der Waals surface area contributed by atoms with E-state index in [1.807, 2.05) is 0 Å². The molecule has 0 aromatic carbocycles. The SMILES string of the molecule is C1CCC(CN(c2nc(C3CC3)ns2)C2CC2)NC1. The van der Waals surface area contributed by atoms with Gasteiger partial charge in [0.05, 0.1) is 0 Å². The highest BCUT2D eigenvalue weighted by molar-refractivity contribution is 7.09. The normalized spacial score (nSPS) is 27.5. The third kappa shape index (κ3) is 2.77. The van der Waals surface area contributed by atoms with Crippen molar-refractivity contribution in [3.63, 3.8) is 0 Å². The van der Waals surface area contributed by atoms with Crippen molar-refractivity contribution >= 4 is 16.7 Å². The Morgan fingerprint density at radius 1 is 1.16 bits per heavy atom. The Morgan fingerprint density at radius 2 is 2.05 bits per heavy atom. The van der Waals surface area contributed by atoms with Gasteiger partial charge in [-0.15, -0.1) is 0 Å². The molecule has 4 nitrogen and oxygen atoms in total. The van der Waals surface area contributed by atoms with E-state index in [1.54, 1.807) is 11.5 Å². The number of rotatable bonds is 5. The fourth-order valence-corrected chi connectivity index (χ4v) is 3.77. The van der Waals surface area contributed by atoms with E-state index in [2.05, 4.69) is 14.6 Å². The molecule has 1 aromatic heterocycles. The first-order valence-corrected chi connectivity index (χ1v) is 8.51. The smallest absolute Gasteiger partial charge is 0.205 e. The van der Waals surface area contributed by atoms with Gasteiger partial charge >= 0.3 is 0 Å². The van der Waals surface area contributed by atoms with Gasteiger partial charge in [0.25, 0.3) is 0 Å². The summed E-state index contributed by atoms with van der Waals surface area (Å²) in [6, 6.07) is 1.39. The quantitative estimate of drug-likeness (QED) is 0.898. The second-order valence-electron chi connectivity index (χ2n) is 6.24. The van der Waals surface area contributed by atoms with Crippen molar-refractivity contribution in [3.05, 3.63) is 5.82 Å². The van der Waals surface area contributed by atoms with E-state index in [4.69, 9.17) is 4.98 Å². The molecule has 1 saturated heterocycles. The van der Waals surface area contributed by atoms with Gasteiger partial charge in [0, 0.05) is 36.1 Å². The molecule has 1 aliphatic heterocycles. The predicted molar refractivity (Wildman–Crippen MR) is 77.9 cm³/mol. The molecule has 3 fully saturated rings. The number of piperidine rings is 1. The predicted octanol–water partition coefficient (Wildman–Crippen LogP) is 2.53. The van der Waals surface area contributed by atoms with E-state index in [1.165, 1.54) is 56.6 Å². The summed E-state index contributed by atoms with van der Waals surface area (Å²) in [5.41, 5.74) is 0. The molecule has 19 heavy (non-hydrogen) atoms. The van der Waals surface area contributed by atoms with Crippen LogP contribution < -0.4 is 10.2 Å². The zero-order valence-corrected chi connectivity index (χ0v) is 12.2. The minimum atomic E-state index is 0.655. The molecule has 0 spiro atoms. The van der Waals surface area contributed by atoms with E-state index in [0.717, 1.165) is 18.4 Å². The lowest BCUT2D eigenvalue weighted by atomic mass is 10.0. The maximum absolute atomic E-state index is 4.80. The molecule has 0 radical (unpaired) electrons. The van der Waals surface area contributed by atoms with E-state index in [9.17, 15) is 0 Å². The van der Waals surface area contributed by atoms with Crippen LogP contribution in [0.15, 0.2) is 0 Å². The summed E-state index contributed by atoms with van der Waals surface area (Å²) in [6.45, 7) is 2.32. The lowest BCUT2D eigenvalue weighted by Gasteiger charge is -2.30. The highest BCUT2D eigenvalue weighted by Crippen LogP contribution is 2.41. The van der Waals surface area contributed by atoms with Crippen LogP contribution in [-0.2, 0) is 0 Å². The fourth-order valence-electron chi connectivity index (χ4n) is 2.94. The average Bonchev–Trinajstić information content (AvgIpc) is 3.36. The Morgan fingerprint density at radius 3 is 2.74 bits per heavy atom. The van der Waals surface area contributed by atoms with Crippen LogP contribution in [0.2, 0.25) is 0 Å². The highest BCUT2D eigenvalue weighted by atomic mass is 32.1. The standard InChI is InChI=1S/C14H22N4S/c1-2-8-15-11(3-1)9-18(12-6-7-12)14-16-13(17-19-14)10-4-5-10/h10-12,15H,1-9H2. The van der Waals surface area contributed by atoms with Gasteiger partial charge in [-0.3, -0.25) is 0 Å². The monoisotopic (exact) mass is 278 g/mol. The first-order valence-electron chi connectivity index (χ1n) is 7.74. The fraction of sp³-hybridized carbons (Fsp3) is 0.857. The largest absolute Gasteiger partial charge is 0.342 e. The van der Waals surface area contributed by atoms with Crippen LogP contribution in [0.3, 0.4) is 0 Å². The van der Waals surface area contributed by atoms with Crippen LogP contribution in [0.4, 0.5) is 5.13 Å². The summed E-state index contributed by atoms with van der Waals surface area (Å²) in [5.74, 6) is 1.79. The van der Waals surface area contributed by atoms with Crippen molar-refractivity contribution in [2.24, 2.45) is 0 Å². The maximum atomic E-state index is 4.80. The van der Waals surface area contributed by atoms with E-state index < -0.39 is 0 Å². The van der Waals surface area contributed by atoms with Gasteiger partial charge in [-0.2, -0.15) is 4.37 Å². The van der Waals surface area contributed by atoms with Gasteiger partial charge < -0.3 is 10.2 Å². The molecular formula is C14H22N4S. The Labute approximate surface area is 118 Å². The minimum absolute atomic E-state index is 0.655. The highest BCUT2D eigenvalue weighted by Gasteiger charge is 2.35. The van der Waals surface area contributed by atoms with Gasteiger partial charge in [-0.25, -0.2) is 4.98 Å². The minimum Gasteiger partial charge on any atom is -0.342 e. The van der Waals surface area contributed by atoms with Gasteiger partial charge in [0.2, 0.25) is 5.13 Å². The third-order valence-electron chi connectivity index (χ3n) is 4.44. The molecule has 104 valence electrons. The van der Waals surface area contributed by atoms with Crippen molar-refractivity contribution in [1.82, 2.24) is 14.7 Å². The Balaban J connectivity index is 1.46. The van der Waals surface area contributed by atoms with E-state index in [-0.39, 0.29) is 0 Å². The molecule has 0 amide bonds. The van der Waals surface area contributed by atoms with Crippen LogP contribution >= 0.6 is 11.5 Å². The molecule has 4 rings (SSSR count). The molecule has 1 aromatic rings.